The van der Waals surface area contributed by atoms with E-state index in [1.165, 1.54) is 31.2 Å². The Morgan fingerprint density at radius 1 is 1.00 bits per heavy atom. The molecule has 1 aromatic carbocycles. The summed E-state index contributed by atoms with van der Waals surface area (Å²) in [7, 11) is 3.33. The molecule has 0 unspecified atom stereocenters. The Morgan fingerprint density at radius 2 is 1.63 bits per heavy atom. The van der Waals surface area contributed by atoms with Gasteiger partial charge in [0.1, 0.15) is 0 Å². The molecule has 0 fully saturated rings. The normalized spacial score (nSPS) is 10.8. The topological polar surface area (TPSA) is 30.5 Å². The molecule has 0 heterocycles. The van der Waals surface area contributed by atoms with Gasteiger partial charge in [-0.3, -0.25) is 0 Å². The van der Waals surface area contributed by atoms with Crippen LogP contribution >= 0.6 is 0 Å². The van der Waals surface area contributed by atoms with Gasteiger partial charge in [0.05, 0.1) is 14.2 Å². The fourth-order valence-electron chi connectivity index (χ4n) is 2.30. The van der Waals surface area contributed by atoms with Crippen LogP contribution in [0.4, 0.5) is 0 Å². The number of hydrogen-bond acceptors (Lipinski definition) is 3. The van der Waals surface area contributed by atoms with Crippen molar-refractivity contribution in [2.75, 3.05) is 14.2 Å². The van der Waals surface area contributed by atoms with Gasteiger partial charge in [-0.1, -0.05) is 32.8 Å². The van der Waals surface area contributed by atoms with E-state index < -0.39 is 0 Å². The van der Waals surface area contributed by atoms with Crippen molar-refractivity contribution in [1.29, 1.82) is 0 Å². The summed E-state index contributed by atoms with van der Waals surface area (Å²) in [6, 6.07) is 6.71. The molecule has 3 heteroatoms. The highest BCUT2D eigenvalue weighted by Crippen LogP contribution is 2.27. The number of benzene rings is 1. The average Bonchev–Trinajstić information content (AvgIpc) is 2.44. The lowest BCUT2D eigenvalue weighted by atomic mass is 10.1. The van der Waals surface area contributed by atoms with Crippen LogP contribution in [0.25, 0.3) is 0 Å². The van der Waals surface area contributed by atoms with Gasteiger partial charge in [0, 0.05) is 12.6 Å². The third-order valence-corrected chi connectivity index (χ3v) is 3.32. The third-order valence-electron chi connectivity index (χ3n) is 3.32. The molecule has 0 saturated carbocycles. The van der Waals surface area contributed by atoms with E-state index >= 15 is 0 Å². The SMILES string of the molecule is CCCC(CCC)NCc1ccc(OC)c(OC)c1. The molecular weight excluding hydrogens is 238 g/mol. The Bertz CT molecular complexity index is 360. The quantitative estimate of drug-likeness (QED) is 0.737. The zero-order valence-electron chi connectivity index (χ0n) is 12.7. The second-order valence-corrected chi connectivity index (χ2v) is 4.84. The molecule has 0 aromatic heterocycles. The number of nitrogens with one attached hydrogen (secondary N) is 1. The molecule has 0 aliphatic heterocycles. The number of rotatable bonds is 9. The Labute approximate surface area is 117 Å². The Kier molecular flexibility index (Phi) is 7.34. The minimum absolute atomic E-state index is 0.614. The first-order valence-corrected chi connectivity index (χ1v) is 7.19. The Morgan fingerprint density at radius 3 is 2.16 bits per heavy atom. The summed E-state index contributed by atoms with van der Waals surface area (Å²) >= 11 is 0. The van der Waals surface area contributed by atoms with Crippen molar-refractivity contribution in [3.05, 3.63) is 23.8 Å². The summed E-state index contributed by atoms with van der Waals surface area (Å²) in [5.74, 6) is 1.58. The molecule has 1 aromatic rings. The molecule has 108 valence electrons. The highest BCUT2D eigenvalue weighted by atomic mass is 16.5. The van der Waals surface area contributed by atoms with Crippen molar-refractivity contribution >= 4 is 0 Å². The molecule has 1 rings (SSSR count). The molecule has 0 aliphatic carbocycles. The van der Waals surface area contributed by atoms with Gasteiger partial charge in [-0.25, -0.2) is 0 Å². The van der Waals surface area contributed by atoms with Gasteiger partial charge in [0.25, 0.3) is 0 Å². The standard InChI is InChI=1S/C16H27NO2/c1-5-7-14(8-6-2)17-12-13-9-10-15(18-3)16(11-13)19-4/h9-11,14,17H,5-8,12H2,1-4H3. The van der Waals surface area contributed by atoms with Gasteiger partial charge in [0.15, 0.2) is 11.5 Å². The van der Waals surface area contributed by atoms with Crippen LogP contribution < -0.4 is 14.8 Å². The molecule has 19 heavy (non-hydrogen) atoms. The fraction of sp³-hybridized carbons (Fsp3) is 0.625. The lowest BCUT2D eigenvalue weighted by molar-refractivity contribution is 0.354. The van der Waals surface area contributed by atoms with Gasteiger partial charge in [-0.05, 0) is 30.5 Å². The average molecular weight is 265 g/mol. The van der Waals surface area contributed by atoms with Crippen LogP contribution in [-0.2, 0) is 6.54 Å². The molecule has 0 atom stereocenters. The van der Waals surface area contributed by atoms with Gasteiger partial charge in [-0.15, -0.1) is 0 Å². The van der Waals surface area contributed by atoms with E-state index in [1.54, 1.807) is 14.2 Å². The van der Waals surface area contributed by atoms with Crippen molar-refractivity contribution in [1.82, 2.24) is 5.32 Å². The first-order valence-electron chi connectivity index (χ1n) is 7.19. The summed E-state index contributed by atoms with van der Waals surface area (Å²) in [6.07, 6.45) is 4.93. The Balaban J connectivity index is 2.60. The minimum Gasteiger partial charge on any atom is -0.493 e. The van der Waals surface area contributed by atoms with E-state index in [9.17, 15) is 0 Å². The van der Waals surface area contributed by atoms with Crippen LogP contribution in [0.15, 0.2) is 18.2 Å². The maximum Gasteiger partial charge on any atom is 0.161 e. The fourth-order valence-corrected chi connectivity index (χ4v) is 2.30. The van der Waals surface area contributed by atoms with Crippen molar-refractivity contribution in [3.63, 3.8) is 0 Å². The van der Waals surface area contributed by atoms with Crippen molar-refractivity contribution < 1.29 is 9.47 Å². The molecular formula is C16H27NO2. The second-order valence-electron chi connectivity index (χ2n) is 4.84. The predicted octanol–water partition coefficient (Wildman–Crippen LogP) is 3.76. The van der Waals surface area contributed by atoms with Crippen molar-refractivity contribution in [2.24, 2.45) is 0 Å². The molecule has 0 amide bonds. The third kappa shape index (κ3) is 5.11. The maximum absolute atomic E-state index is 5.33. The molecule has 0 radical (unpaired) electrons. The number of methoxy groups -OCH3 is 2. The molecule has 0 aliphatic rings. The Hall–Kier alpha value is -1.22. The molecule has 0 bridgehead atoms. The van der Waals surface area contributed by atoms with Gasteiger partial charge >= 0.3 is 0 Å². The largest absolute Gasteiger partial charge is 0.493 e. The monoisotopic (exact) mass is 265 g/mol. The van der Waals surface area contributed by atoms with Crippen LogP contribution in [0.2, 0.25) is 0 Å². The van der Waals surface area contributed by atoms with E-state index in [4.69, 9.17) is 9.47 Å². The summed E-state index contributed by atoms with van der Waals surface area (Å²) in [5.41, 5.74) is 1.23. The molecule has 3 nitrogen and oxygen atoms in total. The highest BCUT2D eigenvalue weighted by molar-refractivity contribution is 5.42. The molecule has 1 N–H and O–H groups in total. The molecule has 0 saturated heterocycles. The van der Waals surface area contributed by atoms with Gasteiger partial charge in [0.2, 0.25) is 0 Å². The summed E-state index contributed by atoms with van der Waals surface area (Å²) < 4.78 is 10.6. The van der Waals surface area contributed by atoms with Gasteiger partial charge in [-0.2, -0.15) is 0 Å². The summed E-state index contributed by atoms with van der Waals surface area (Å²) in [4.78, 5) is 0. The van der Waals surface area contributed by atoms with Crippen molar-refractivity contribution in [2.45, 2.75) is 52.1 Å². The van der Waals surface area contributed by atoms with Crippen LogP contribution in [-0.4, -0.2) is 20.3 Å². The first kappa shape index (κ1) is 15.8. The van der Waals surface area contributed by atoms with Crippen LogP contribution in [0.5, 0.6) is 11.5 Å². The van der Waals surface area contributed by atoms with Crippen molar-refractivity contribution in [3.8, 4) is 11.5 Å². The van der Waals surface area contributed by atoms with Crippen LogP contribution in [0.3, 0.4) is 0 Å². The lowest BCUT2D eigenvalue weighted by Gasteiger charge is -2.18. The zero-order chi connectivity index (χ0) is 14.1. The zero-order valence-corrected chi connectivity index (χ0v) is 12.7. The van der Waals surface area contributed by atoms with E-state index in [1.807, 2.05) is 12.1 Å². The second kappa shape index (κ2) is 8.81. The summed E-state index contributed by atoms with van der Waals surface area (Å²) in [5, 5.41) is 3.63. The van der Waals surface area contributed by atoms with Crippen LogP contribution in [0.1, 0.15) is 45.1 Å². The number of ether oxygens (including phenoxy) is 2. The minimum atomic E-state index is 0.614. The smallest absolute Gasteiger partial charge is 0.161 e. The highest BCUT2D eigenvalue weighted by Gasteiger charge is 2.08. The van der Waals surface area contributed by atoms with E-state index in [0.717, 1.165) is 18.0 Å². The van der Waals surface area contributed by atoms with E-state index in [-0.39, 0.29) is 0 Å². The van der Waals surface area contributed by atoms with E-state index in [2.05, 4.69) is 25.2 Å². The lowest BCUT2D eigenvalue weighted by Crippen LogP contribution is -2.28. The maximum atomic E-state index is 5.33. The van der Waals surface area contributed by atoms with Crippen LogP contribution in [0, 0.1) is 0 Å². The van der Waals surface area contributed by atoms with E-state index in [0.29, 0.717) is 6.04 Å². The van der Waals surface area contributed by atoms with Gasteiger partial charge < -0.3 is 14.8 Å². The summed E-state index contributed by atoms with van der Waals surface area (Å²) in [6.45, 7) is 5.35. The first-order chi connectivity index (χ1) is 9.24. The predicted molar refractivity (Wildman–Crippen MR) is 80.0 cm³/mol. The molecule has 0 spiro atoms. The number of hydrogen-bond donors (Lipinski definition) is 1.